The van der Waals surface area contributed by atoms with Crippen LogP contribution in [0.4, 0.5) is 0 Å². The maximum absolute atomic E-state index is 11.9. The minimum absolute atomic E-state index is 0.0279. The zero-order valence-corrected chi connectivity index (χ0v) is 12.2. The zero-order valence-electron chi connectivity index (χ0n) is 12.2. The number of fused-ring (bicyclic) bond motifs is 3. The molecule has 0 amide bonds. The highest BCUT2D eigenvalue weighted by Gasteiger charge is 2.54. The first-order valence-corrected chi connectivity index (χ1v) is 7.66. The van der Waals surface area contributed by atoms with Crippen LogP contribution in [0.25, 0.3) is 10.9 Å². The smallest absolute Gasteiger partial charge is 0.311 e. The molecule has 4 rings (SSSR count). The molecule has 2 N–H and O–H groups in total. The normalized spacial score (nSPS) is 24.5. The van der Waals surface area contributed by atoms with Gasteiger partial charge < -0.3 is 10.1 Å². The largest absolute Gasteiger partial charge is 0.481 e. The van der Waals surface area contributed by atoms with Gasteiger partial charge in [-0.3, -0.25) is 9.69 Å². The standard InChI is InChI=1S/C17H20N2O2/c1-19-10-7-12-11-5-2-3-6-13(11)18-14(12)15(19)17(16(20)21)8-4-9-17/h2-3,5-6,15,18H,4,7-10H2,1H3,(H,20,21). The summed E-state index contributed by atoms with van der Waals surface area (Å²) in [7, 11) is 2.06. The van der Waals surface area contributed by atoms with Crippen molar-refractivity contribution in [1.82, 2.24) is 9.88 Å². The van der Waals surface area contributed by atoms with E-state index in [1.165, 1.54) is 10.9 Å². The number of aliphatic carboxylic acids is 1. The van der Waals surface area contributed by atoms with E-state index in [0.29, 0.717) is 0 Å². The number of benzene rings is 1. The van der Waals surface area contributed by atoms with Gasteiger partial charge in [-0.1, -0.05) is 24.6 Å². The summed E-state index contributed by atoms with van der Waals surface area (Å²) in [5.41, 5.74) is 2.97. The molecule has 110 valence electrons. The summed E-state index contributed by atoms with van der Waals surface area (Å²) < 4.78 is 0. The number of para-hydroxylation sites is 1. The fourth-order valence-electron chi connectivity index (χ4n) is 4.22. The zero-order chi connectivity index (χ0) is 14.6. The molecule has 1 aliphatic carbocycles. The highest BCUT2D eigenvalue weighted by Crippen LogP contribution is 2.54. The molecular weight excluding hydrogens is 264 g/mol. The fourth-order valence-corrected chi connectivity index (χ4v) is 4.22. The van der Waals surface area contributed by atoms with Crippen LogP contribution in [0, 0.1) is 5.41 Å². The number of aromatic nitrogens is 1. The van der Waals surface area contributed by atoms with Crippen molar-refractivity contribution in [3.05, 3.63) is 35.5 Å². The van der Waals surface area contributed by atoms with Crippen LogP contribution in [0.5, 0.6) is 0 Å². The van der Waals surface area contributed by atoms with Gasteiger partial charge in [0.1, 0.15) is 0 Å². The van der Waals surface area contributed by atoms with Gasteiger partial charge in [-0.25, -0.2) is 0 Å². The minimum Gasteiger partial charge on any atom is -0.481 e. The van der Waals surface area contributed by atoms with Gasteiger partial charge in [-0.05, 0) is 37.9 Å². The Bertz CT molecular complexity index is 715. The molecule has 1 saturated carbocycles. The predicted molar refractivity (Wildman–Crippen MR) is 81.3 cm³/mol. The lowest BCUT2D eigenvalue weighted by Gasteiger charge is -2.49. The number of aromatic amines is 1. The highest BCUT2D eigenvalue weighted by molar-refractivity contribution is 5.86. The Hall–Kier alpha value is -1.81. The van der Waals surface area contributed by atoms with Crippen LogP contribution < -0.4 is 0 Å². The lowest BCUT2D eigenvalue weighted by atomic mass is 9.61. The first-order chi connectivity index (χ1) is 10.1. The van der Waals surface area contributed by atoms with Gasteiger partial charge in [0.2, 0.25) is 0 Å². The lowest BCUT2D eigenvalue weighted by Crippen LogP contribution is -2.51. The molecule has 2 heterocycles. The van der Waals surface area contributed by atoms with Crippen LogP contribution in [0.3, 0.4) is 0 Å². The summed E-state index contributed by atoms with van der Waals surface area (Å²) in [5.74, 6) is -0.642. The molecule has 4 heteroatoms. The number of H-pyrrole nitrogens is 1. The van der Waals surface area contributed by atoms with Gasteiger partial charge in [0.15, 0.2) is 0 Å². The van der Waals surface area contributed by atoms with E-state index in [4.69, 9.17) is 0 Å². The third-order valence-corrected chi connectivity index (χ3v) is 5.47. The molecule has 1 aromatic carbocycles. The number of rotatable bonds is 2. The predicted octanol–water partition coefficient (Wildman–Crippen LogP) is 2.95. The van der Waals surface area contributed by atoms with Crippen molar-refractivity contribution in [3.63, 3.8) is 0 Å². The van der Waals surface area contributed by atoms with Crippen molar-refractivity contribution in [2.45, 2.75) is 31.7 Å². The third kappa shape index (κ3) is 1.62. The molecule has 0 bridgehead atoms. The second kappa shape index (κ2) is 4.34. The van der Waals surface area contributed by atoms with Crippen LogP contribution >= 0.6 is 0 Å². The molecule has 1 unspecified atom stereocenters. The maximum atomic E-state index is 11.9. The van der Waals surface area contributed by atoms with Crippen molar-refractivity contribution in [3.8, 4) is 0 Å². The molecule has 1 aliphatic heterocycles. The monoisotopic (exact) mass is 284 g/mol. The fraction of sp³-hybridized carbons (Fsp3) is 0.471. The van der Waals surface area contributed by atoms with Gasteiger partial charge in [-0.15, -0.1) is 0 Å². The summed E-state index contributed by atoms with van der Waals surface area (Å²) in [6, 6.07) is 8.28. The number of hydrogen-bond acceptors (Lipinski definition) is 2. The number of nitrogens with zero attached hydrogens (tertiary/aromatic N) is 1. The second-order valence-electron chi connectivity index (χ2n) is 6.51. The Labute approximate surface area is 123 Å². The Morgan fingerprint density at radius 2 is 2.14 bits per heavy atom. The summed E-state index contributed by atoms with van der Waals surface area (Å²) in [4.78, 5) is 17.7. The molecule has 1 aromatic heterocycles. The maximum Gasteiger partial charge on any atom is 0.311 e. The number of likely N-dealkylation sites (N-methyl/N-ethyl adjacent to an activating group) is 1. The quantitative estimate of drug-likeness (QED) is 0.891. The van der Waals surface area contributed by atoms with E-state index in [0.717, 1.165) is 43.4 Å². The molecule has 2 aromatic rings. The van der Waals surface area contributed by atoms with Crippen LogP contribution in [-0.4, -0.2) is 34.6 Å². The van der Waals surface area contributed by atoms with Gasteiger partial charge >= 0.3 is 5.97 Å². The summed E-state index contributed by atoms with van der Waals surface area (Å²) >= 11 is 0. The van der Waals surface area contributed by atoms with Gasteiger partial charge in [0, 0.05) is 23.1 Å². The second-order valence-corrected chi connectivity index (χ2v) is 6.51. The molecule has 1 fully saturated rings. The van der Waals surface area contributed by atoms with E-state index in [9.17, 15) is 9.90 Å². The van der Waals surface area contributed by atoms with E-state index >= 15 is 0 Å². The van der Waals surface area contributed by atoms with Crippen molar-refractivity contribution in [2.24, 2.45) is 5.41 Å². The Kier molecular flexibility index (Phi) is 2.67. The third-order valence-electron chi connectivity index (χ3n) is 5.47. The van der Waals surface area contributed by atoms with Gasteiger partial charge in [0.25, 0.3) is 0 Å². The van der Waals surface area contributed by atoms with Crippen LogP contribution in [0.15, 0.2) is 24.3 Å². The minimum atomic E-state index is -0.642. The first-order valence-electron chi connectivity index (χ1n) is 7.66. The molecule has 0 radical (unpaired) electrons. The average molecular weight is 284 g/mol. The van der Waals surface area contributed by atoms with E-state index in [-0.39, 0.29) is 6.04 Å². The van der Waals surface area contributed by atoms with Gasteiger partial charge in [0.05, 0.1) is 11.5 Å². The molecule has 21 heavy (non-hydrogen) atoms. The van der Waals surface area contributed by atoms with Crippen LogP contribution in [0.1, 0.15) is 36.6 Å². The molecule has 0 saturated heterocycles. The summed E-state index contributed by atoms with van der Waals surface area (Å²) in [5, 5.41) is 11.1. The van der Waals surface area contributed by atoms with Gasteiger partial charge in [-0.2, -0.15) is 0 Å². The van der Waals surface area contributed by atoms with Crippen molar-refractivity contribution >= 4 is 16.9 Å². The van der Waals surface area contributed by atoms with Crippen molar-refractivity contribution in [2.75, 3.05) is 13.6 Å². The highest BCUT2D eigenvalue weighted by atomic mass is 16.4. The van der Waals surface area contributed by atoms with Crippen LogP contribution in [-0.2, 0) is 11.2 Å². The van der Waals surface area contributed by atoms with E-state index in [2.05, 4.69) is 35.1 Å². The Morgan fingerprint density at radius 1 is 1.38 bits per heavy atom. The Balaban J connectivity index is 1.91. The van der Waals surface area contributed by atoms with E-state index in [1.54, 1.807) is 0 Å². The summed E-state index contributed by atoms with van der Waals surface area (Å²) in [6.07, 6.45) is 3.58. The molecule has 1 atom stereocenters. The lowest BCUT2D eigenvalue weighted by molar-refractivity contribution is -0.162. The number of hydrogen-bond donors (Lipinski definition) is 2. The number of carbonyl (C=O) groups is 1. The summed E-state index contributed by atoms with van der Waals surface area (Å²) in [6.45, 7) is 0.925. The van der Waals surface area contributed by atoms with E-state index < -0.39 is 11.4 Å². The average Bonchev–Trinajstić information content (AvgIpc) is 2.78. The topological polar surface area (TPSA) is 56.3 Å². The molecule has 4 nitrogen and oxygen atoms in total. The first kappa shape index (κ1) is 12.9. The number of carboxylic acids is 1. The van der Waals surface area contributed by atoms with E-state index in [1.807, 2.05) is 6.07 Å². The molecular formula is C17H20N2O2. The molecule has 2 aliphatic rings. The van der Waals surface area contributed by atoms with Crippen molar-refractivity contribution in [1.29, 1.82) is 0 Å². The number of carboxylic acid groups (broad SMARTS) is 1. The van der Waals surface area contributed by atoms with Crippen molar-refractivity contribution < 1.29 is 9.90 Å². The molecule has 0 spiro atoms. The SMILES string of the molecule is CN1CCc2c([nH]c3ccccc23)C1C1(C(=O)O)CCC1. The van der Waals surface area contributed by atoms with Crippen LogP contribution in [0.2, 0.25) is 0 Å². The Morgan fingerprint density at radius 3 is 2.81 bits per heavy atom. The number of nitrogens with one attached hydrogen (secondary N) is 1.